The fourth-order valence-electron chi connectivity index (χ4n) is 4.43. The third-order valence-electron chi connectivity index (χ3n) is 6.18. The van der Waals surface area contributed by atoms with Crippen molar-refractivity contribution in [1.82, 2.24) is 19.4 Å². The molecule has 36 heavy (non-hydrogen) atoms. The molecule has 0 aliphatic carbocycles. The van der Waals surface area contributed by atoms with Crippen molar-refractivity contribution >= 4 is 28.7 Å². The van der Waals surface area contributed by atoms with Gasteiger partial charge in [-0.25, -0.2) is 19.7 Å². The summed E-state index contributed by atoms with van der Waals surface area (Å²) in [6, 6.07) is 28.3. The molecular weight excluding hydrogens is 446 g/mol. The van der Waals surface area contributed by atoms with E-state index in [4.69, 9.17) is 25.2 Å². The third-order valence-corrected chi connectivity index (χ3v) is 6.18. The first-order valence-electron chi connectivity index (χ1n) is 12.0. The van der Waals surface area contributed by atoms with Crippen molar-refractivity contribution in [3.63, 3.8) is 0 Å². The molecule has 2 aromatic heterocycles. The molecular formula is C29H25N7. The molecule has 0 bridgehead atoms. The van der Waals surface area contributed by atoms with E-state index in [1.807, 2.05) is 82.9 Å². The van der Waals surface area contributed by atoms with Gasteiger partial charge in [0.15, 0.2) is 23.1 Å². The van der Waals surface area contributed by atoms with E-state index in [0.29, 0.717) is 18.2 Å². The average Bonchev–Trinajstić information content (AvgIpc) is 3.58. The summed E-state index contributed by atoms with van der Waals surface area (Å²) in [6.07, 6.45) is 0. The smallest absolute Gasteiger partial charge is 0.183 e. The molecule has 5 aromatic rings. The lowest BCUT2D eigenvalue weighted by Gasteiger charge is -2.02. The lowest BCUT2D eigenvalue weighted by molar-refractivity contribution is 0.686. The minimum atomic E-state index is 0.569. The molecule has 0 fully saturated rings. The number of fused-ring (bicyclic) bond motifs is 1. The van der Waals surface area contributed by atoms with Crippen LogP contribution in [0.25, 0.3) is 17.0 Å². The first-order valence-corrected chi connectivity index (χ1v) is 12.0. The van der Waals surface area contributed by atoms with Crippen LogP contribution in [0.3, 0.4) is 0 Å². The molecule has 0 radical (unpaired) electrons. The quantitative estimate of drug-likeness (QED) is 0.324. The number of rotatable bonds is 5. The van der Waals surface area contributed by atoms with Crippen LogP contribution in [0.4, 0.5) is 5.69 Å². The van der Waals surface area contributed by atoms with Gasteiger partial charge < -0.3 is 0 Å². The fourth-order valence-corrected chi connectivity index (χ4v) is 4.43. The summed E-state index contributed by atoms with van der Waals surface area (Å²) in [5, 5.41) is 9.72. The number of aliphatic imine (C=N–C) groups is 3. The maximum atomic E-state index is 5.07. The Hall–Kier alpha value is -4.65. The summed E-state index contributed by atoms with van der Waals surface area (Å²) in [6.45, 7) is 6.82. The highest BCUT2D eigenvalue weighted by molar-refractivity contribution is 6.54. The monoisotopic (exact) mass is 471 g/mol. The van der Waals surface area contributed by atoms with E-state index in [0.717, 1.165) is 45.3 Å². The highest BCUT2D eigenvalue weighted by atomic mass is 15.4. The maximum Gasteiger partial charge on any atom is 0.183 e. The molecule has 0 amide bonds. The van der Waals surface area contributed by atoms with Crippen LogP contribution in [0.2, 0.25) is 0 Å². The number of amidine groups is 2. The number of benzene rings is 3. The van der Waals surface area contributed by atoms with Crippen LogP contribution in [-0.4, -0.2) is 36.8 Å². The van der Waals surface area contributed by atoms with Crippen LogP contribution in [0.5, 0.6) is 0 Å². The molecule has 7 nitrogen and oxygen atoms in total. The van der Waals surface area contributed by atoms with Gasteiger partial charge in [0, 0.05) is 23.2 Å². The second kappa shape index (κ2) is 8.85. The summed E-state index contributed by atoms with van der Waals surface area (Å²) in [5.74, 6) is 2.01. The van der Waals surface area contributed by atoms with Crippen LogP contribution >= 0.6 is 0 Å². The van der Waals surface area contributed by atoms with Crippen molar-refractivity contribution < 1.29 is 0 Å². The van der Waals surface area contributed by atoms with Crippen LogP contribution in [0.15, 0.2) is 99.9 Å². The van der Waals surface area contributed by atoms with Crippen molar-refractivity contribution in [3.8, 4) is 11.4 Å². The minimum absolute atomic E-state index is 0.569. The highest BCUT2D eigenvalue weighted by Gasteiger charge is 2.24. The molecule has 0 N–H and O–H groups in total. The fraction of sp³-hybridized carbons (Fsp3) is 0.138. The van der Waals surface area contributed by atoms with Gasteiger partial charge in [0.1, 0.15) is 11.4 Å². The van der Waals surface area contributed by atoms with E-state index in [9.17, 15) is 0 Å². The Kier molecular flexibility index (Phi) is 5.37. The molecule has 3 heterocycles. The lowest BCUT2D eigenvalue weighted by atomic mass is 10.1. The molecule has 176 valence electrons. The molecule has 3 aromatic carbocycles. The predicted octanol–water partition coefficient (Wildman–Crippen LogP) is 5.81. The van der Waals surface area contributed by atoms with Crippen molar-refractivity contribution in [1.29, 1.82) is 0 Å². The minimum Gasteiger partial charge on any atom is -0.244 e. The van der Waals surface area contributed by atoms with E-state index in [2.05, 4.69) is 32.0 Å². The van der Waals surface area contributed by atoms with E-state index in [-0.39, 0.29) is 0 Å². The Bertz CT molecular complexity index is 1670. The molecule has 0 saturated heterocycles. The second-order valence-corrected chi connectivity index (χ2v) is 8.74. The zero-order valence-corrected chi connectivity index (χ0v) is 20.4. The third kappa shape index (κ3) is 3.75. The second-order valence-electron chi connectivity index (χ2n) is 8.74. The Labute approximate surface area is 209 Å². The van der Waals surface area contributed by atoms with Crippen molar-refractivity contribution in [2.24, 2.45) is 15.0 Å². The molecule has 1 aliphatic rings. The standard InChI is InChI=1S/C29H25N7/c1-4-35-29-24(20(3)33-36(29)28(34-35)23-17-11-12-19(2)18-23)30-27-25(21-13-7-5-8-14-21)31-26(32-27)22-15-9-6-10-16-22/h5-18H,4H2,1-3H3. The summed E-state index contributed by atoms with van der Waals surface area (Å²) >= 11 is 0. The Balaban J connectivity index is 1.54. The number of nitrogens with zero attached hydrogens (tertiary/aromatic N) is 7. The van der Waals surface area contributed by atoms with Crippen molar-refractivity contribution in [2.75, 3.05) is 0 Å². The zero-order chi connectivity index (χ0) is 24.6. The highest BCUT2D eigenvalue weighted by Crippen LogP contribution is 2.31. The molecule has 6 rings (SSSR count). The number of hydrogen-bond acceptors (Lipinski definition) is 4. The number of aryl methyl sites for hydroxylation is 3. The molecule has 0 unspecified atom stereocenters. The number of aromatic nitrogens is 4. The summed E-state index contributed by atoms with van der Waals surface area (Å²) in [7, 11) is 0. The average molecular weight is 472 g/mol. The molecule has 0 atom stereocenters. The zero-order valence-electron chi connectivity index (χ0n) is 20.4. The topological polar surface area (TPSA) is 72.2 Å². The van der Waals surface area contributed by atoms with Crippen molar-refractivity contribution in [2.45, 2.75) is 27.3 Å². The molecule has 1 aliphatic heterocycles. The van der Waals surface area contributed by atoms with E-state index in [1.54, 1.807) is 0 Å². The van der Waals surface area contributed by atoms with Gasteiger partial charge in [0.05, 0.1) is 5.69 Å². The van der Waals surface area contributed by atoms with Gasteiger partial charge in [-0.3, -0.25) is 0 Å². The van der Waals surface area contributed by atoms with Gasteiger partial charge in [0.25, 0.3) is 0 Å². The SMILES string of the molecule is CCn1nc(-c2cccc(C)c2)n2nc(C)c(N=C3N=C(c4ccccc4)N=C3c3ccccc3)c12. The Morgan fingerprint density at radius 1 is 0.750 bits per heavy atom. The van der Waals surface area contributed by atoms with Gasteiger partial charge in [-0.05, 0) is 26.8 Å². The Morgan fingerprint density at radius 3 is 2.14 bits per heavy atom. The molecule has 0 saturated carbocycles. The van der Waals surface area contributed by atoms with Gasteiger partial charge >= 0.3 is 0 Å². The normalized spacial score (nSPS) is 14.5. The number of hydrogen-bond donors (Lipinski definition) is 0. The maximum absolute atomic E-state index is 5.07. The van der Waals surface area contributed by atoms with Crippen LogP contribution in [-0.2, 0) is 6.54 Å². The van der Waals surface area contributed by atoms with Crippen molar-refractivity contribution in [3.05, 3.63) is 107 Å². The van der Waals surface area contributed by atoms with E-state index < -0.39 is 0 Å². The Morgan fingerprint density at radius 2 is 1.44 bits per heavy atom. The van der Waals surface area contributed by atoms with Gasteiger partial charge in [-0.2, -0.15) is 14.7 Å². The van der Waals surface area contributed by atoms with Gasteiger partial charge in [-0.15, -0.1) is 0 Å². The first-order chi connectivity index (χ1) is 17.6. The largest absolute Gasteiger partial charge is 0.244 e. The van der Waals surface area contributed by atoms with Crippen LogP contribution in [0, 0.1) is 13.8 Å². The summed E-state index contributed by atoms with van der Waals surface area (Å²) in [5.41, 5.74) is 7.26. The van der Waals surface area contributed by atoms with E-state index >= 15 is 0 Å². The van der Waals surface area contributed by atoms with Gasteiger partial charge in [0.2, 0.25) is 0 Å². The van der Waals surface area contributed by atoms with E-state index in [1.165, 1.54) is 5.56 Å². The molecule has 0 spiro atoms. The predicted molar refractivity (Wildman–Crippen MR) is 145 cm³/mol. The van der Waals surface area contributed by atoms with Crippen LogP contribution in [0.1, 0.15) is 29.3 Å². The summed E-state index contributed by atoms with van der Waals surface area (Å²) < 4.78 is 3.84. The summed E-state index contributed by atoms with van der Waals surface area (Å²) in [4.78, 5) is 14.8. The van der Waals surface area contributed by atoms with Crippen LogP contribution < -0.4 is 0 Å². The van der Waals surface area contributed by atoms with Gasteiger partial charge in [-0.1, -0.05) is 84.4 Å². The lowest BCUT2D eigenvalue weighted by Crippen LogP contribution is -2.09. The first kappa shape index (κ1) is 21.9. The molecule has 7 heteroatoms.